The Balaban J connectivity index is 1.21. The van der Waals surface area contributed by atoms with Gasteiger partial charge in [-0.2, -0.15) is 0 Å². The first-order valence-corrected chi connectivity index (χ1v) is 12.6. The average molecular weight is 472 g/mol. The van der Waals surface area contributed by atoms with Gasteiger partial charge in [0.25, 0.3) is 0 Å². The molecule has 3 aromatic carbocycles. The molecule has 2 heterocycles. The Kier molecular flexibility index (Phi) is 5.41. The molecule has 35 heavy (non-hydrogen) atoms. The Labute approximate surface area is 205 Å². The molecule has 2 fully saturated rings. The Morgan fingerprint density at radius 3 is 2.20 bits per heavy atom. The van der Waals surface area contributed by atoms with Crippen LogP contribution in [0, 0.1) is 12.7 Å². The van der Waals surface area contributed by atoms with Crippen molar-refractivity contribution in [3.05, 3.63) is 94.8 Å². The lowest BCUT2D eigenvalue weighted by Gasteiger charge is -2.51. The zero-order valence-electron chi connectivity index (χ0n) is 19.9. The van der Waals surface area contributed by atoms with Crippen LogP contribution in [0.2, 0.25) is 0 Å². The first-order chi connectivity index (χ1) is 16.9. The number of ether oxygens (including phenoxy) is 1. The van der Waals surface area contributed by atoms with Crippen molar-refractivity contribution < 1.29 is 19.0 Å². The SMILES string of the molecule is Cc1cc(F)ccc1C1(O)CC2CCCC(C1)N2C(=O)OCC1c2ccccc2-c2ccccc21. The Hall–Kier alpha value is -3.18. The standard InChI is InChI=1S/C30H30FNO3/c1-19-15-20(31)13-14-28(19)30(34)16-21-7-6-8-22(17-30)32(21)29(33)35-18-27-25-11-4-2-9-23(25)24-10-3-5-12-26(24)27/h2-5,9-15,21-22,27,34H,6-8,16-18H2,1H3. The summed E-state index contributed by atoms with van der Waals surface area (Å²) in [5.41, 5.74) is 5.26. The smallest absolute Gasteiger partial charge is 0.410 e. The van der Waals surface area contributed by atoms with E-state index in [1.807, 2.05) is 36.1 Å². The second-order valence-corrected chi connectivity index (χ2v) is 10.3. The number of piperidine rings is 2. The van der Waals surface area contributed by atoms with E-state index in [0.717, 1.165) is 30.4 Å². The maximum atomic E-state index is 13.7. The molecule has 1 amide bonds. The molecule has 1 N–H and O–H groups in total. The fourth-order valence-electron chi connectivity index (χ4n) is 6.76. The van der Waals surface area contributed by atoms with E-state index in [1.54, 1.807) is 6.07 Å². The summed E-state index contributed by atoms with van der Waals surface area (Å²) in [6, 6.07) is 21.1. The van der Waals surface area contributed by atoms with Gasteiger partial charge in [0.1, 0.15) is 12.4 Å². The van der Waals surface area contributed by atoms with Crippen LogP contribution >= 0.6 is 0 Å². The molecule has 2 bridgehead atoms. The third-order valence-electron chi connectivity index (χ3n) is 8.24. The van der Waals surface area contributed by atoms with Crippen molar-refractivity contribution in [2.45, 2.75) is 62.6 Å². The number of halogens is 1. The molecule has 0 saturated carbocycles. The first-order valence-electron chi connectivity index (χ1n) is 12.6. The molecule has 2 saturated heterocycles. The normalized spacial score (nSPS) is 25.2. The van der Waals surface area contributed by atoms with E-state index in [1.165, 1.54) is 34.4 Å². The highest BCUT2D eigenvalue weighted by Gasteiger charge is 2.49. The summed E-state index contributed by atoms with van der Waals surface area (Å²) < 4.78 is 19.7. The van der Waals surface area contributed by atoms with Gasteiger partial charge in [-0.3, -0.25) is 0 Å². The summed E-state index contributed by atoms with van der Waals surface area (Å²) in [5, 5.41) is 11.6. The van der Waals surface area contributed by atoms with Crippen molar-refractivity contribution in [2.24, 2.45) is 0 Å². The predicted molar refractivity (Wildman–Crippen MR) is 133 cm³/mol. The zero-order chi connectivity index (χ0) is 24.2. The number of benzene rings is 3. The van der Waals surface area contributed by atoms with Crippen LogP contribution in [-0.2, 0) is 10.3 Å². The highest BCUT2D eigenvalue weighted by Crippen LogP contribution is 2.47. The fraction of sp³-hybridized carbons (Fsp3) is 0.367. The minimum Gasteiger partial charge on any atom is -0.448 e. The molecule has 4 nitrogen and oxygen atoms in total. The van der Waals surface area contributed by atoms with E-state index in [2.05, 4.69) is 24.3 Å². The number of nitrogens with zero attached hydrogens (tertiary/aromatic N) is 1. The first kappa shape index (κ1) is 22.3. The van der Waals surface area contributed by atoms with Crippen LogP contribution in [0.25, 0.3) is 11.1 Å². The van der Waals surface area contributed by atoms with E-state index in [-0.39, 0.29) is 29.9 Å². The molecule has 2 aliphatic heterocycles. The summed E-state index contributed by atoms with van der Waals surface area (Å²) in [6.45, 7) is 2.13. The largest absolute Gasteiger partial charge is 0.448 e. The maximum absolute atomic E-state index is 13.7. The summed E-state index contributed by atoms with van der Waals surface area (Å²) in [5.74, 6) is -0.277. The van der Waals surface area contributed by atoms with Crippen LogP contribution in [0.4, 0.5) is 9.18 Å². The van der Waals surface area contributed by atoms with E-state index in [0.29, 0.717) is 19.4 Å². The number of carbonyl (C=O) groups excluding carboxylic acids is 1. The van der Waals surface area contributed by atoms with Crippen molar-refractivity contribution in [3.8, 4) is 11.1 Å². The predicted octanol–water partition coefficient (Wildman–Crippen LogP) is 6.29. The number of aryl methyl sites for hydroxylation is 1. The lowest BCUT2D eigenvalue weighted by atomic mass is 9.72. The molecule has 2 unspecified atom stereocenters. The molecule has 2 atom stereocenters. The molecule has 0 aromatic heterocycles. The van der Waals surface area contributed by atoms with Gasteiger partial charge in [-0.15, -0.1) is 0 Å². The second-order valence-electron chi connectivity index (χ2n) is 10.3. The van der Waals surface area contributed by atoms with Gasteiger partial charge >= 0.3 is 6.09 Å². The van der Waals surface area contributed by atoms with Crippen LogP contribution in [0.15, 0.2) is 66.7 Å². The molecule has 0 spiro atoms. The van der Waals surface area contributed by atoms with Crippen LogP contribution < -0.4 is 0 Å². The van der Waals surface area contributed by atoms with Crippen LogP contribution in [0.1, 0.15) is 60.3 Å². The van der Waals surface area contributed by atoms with Crippen molar-refractivity contribution in [2.75, 3.05) is 6.61 Å². The number of hydrogen-bond acceptors (Lipinski definition) is 3. The van der Waals surface area contributed by atoms with Gasteiger partial charge in [0.15, 0.2) is 0 Å². The third-order valence-corrected chi connectivity index (χ3v) is 8.24. The van der Waals surface area contributed by atoms with Gasteiger partial charge in [-0.25, -0.2) is 9.18 Å². The second kappa shape index (κ2) is 8.49. The average Bonchev–Trinajstić information content (AvgIpc) is 3.15. The maximum Gasteiger partial charge on any atom is 0.410 e. The Bertz CT molecular complexity index is 1230. The third kappa shape index (κ3) is 3.73. The monoisotopic (exact) mass is 471 g/mol. The number of rotatable bonds is 3. The molecule has 3 aromatic rings. The Morgan fingerprint density at radius 2 is 1.60 bits per heavy atom. The van der Waals surface area contributed by atoms with Crippen LogP contribution in [0.3, 0.4) is 0 Å². The van der Waals surface area contributed by atoms with E-state index >= 15 is 0 Å². The quantitative estimate of drug-likeness (QED) is 0.489. The lowest BCUT2D eigenvalue weighted by Crippen LogP contribution is -2.59. The lowest BCUT2D eigenvalue weighted by molar-refractivity contribution is -0.0893. The molecule has 1 aliphatic carbocycles. The highest BCUT2D eigenvalue weighted by atomic mass is 19.1. The van der Waals surface area contributed by atoms with Crippen molar-refractivity contribution in [1.29, 1.82) is 0 Å². The van der Waals surface area contributed by atoms with Crippen molar-refractivity contribution in [1.82, 2.24) is 4.90 Å². The summed E-state index contributed by atoms with van der Waals surface area (Å²) in [7, 11) is 0. The van der Waals surface area contributed by atoms with Gasteiger partial charge < -0.3 is 14.7 Å². The summed E-state index contributed by atoms with van der Waals surface area (Å²) >= 11 is 0. The van der Waals surface area contributed by atoms with Gasteiger partial charge in [0.05, 0.1) is 5.60 Å². The summed E-state index contributed by atoms with van der Waals surface area (Å²) in [6.07, 6.45) is 3.30. The molecule has 180 valence electrons. The van der Waals surface area contributed by atoms with Gasteiger partial charge in [0, 0.05) is 30.8 Å². The molecule has 3 aliphatic rings. The topological polar surface area (TPSA) is 49.8 Å². The van der Waals surface area contributed by atoms with Gasteiger partial charge in [-0.1, -0.05) is 54.6 Å². The minimum atomic E-state index is -1.06. The molecular formula is C30H30FNO3. The molecule has 6 rings (SSSR count). The van der Waals surface area contributed by atoms with Crippen molar-refractivity contribution >= 4 is 6.09 Å². The fourth-order valence-corrected chi connectivity index (χ4v) is 6.76. The minimum absolute atomic E-state index is 0.0229. The molecule has 0 radical (unpaired) electrons. The van der Waals surface area contributed by atoms with Gasteiger partial charge in [-0.05, 0) is 71.7 Å². The van der Waals surface area contributed by atoms with Crippen molar-refractivity contribution in [3.63, 3.8) is 0 Å². The zero-order valence-corrected chi connectivity index (χ0v) is 19.9. The van der Waals surface area contributed by atoms with E-state index in [9.17, 15) is 14.3 Å². The molecule has 5 heteroatoms. The Morgan fingerprint density at radius 1 is 1.00 bits per heavy atom. The highest BCUT2D eigenvalue weighted by molar-refractivity contribution is 5.79. The van der Waals surface area contributed by atoms with E-state index < -0.39 is 5.60 Å². The number of hydrogen-bond donors (Lipinski definition) is 1. The number of carbonyl (C=O) groups is 1. The number of amides is 1. The number of aliphatic hydroxyl groups is 1. The van der Waals surface area contributed by atoms with Gasteiger partial charge in [0.2, 0.25) is 0 Å². The van der Waals surface area contributed by atoms with Crippen LogP contribution in [-0.4, -0.2) is 34.8 Å². The number of fused-ring (bicyclic) bond motifs is 5. The molecular weight excluding hydrogens is 441 g/mol. The van der Waals surface area contributed by atoms with Crippen LogP contribution in [0.5, 0.6) is 0 Å². The van der Waals surface area contributed by atoms with E-state index in [4.69, 9.17) is 4.74 Å². The summed E-state index contributed by atoms with van der Waals surface area (Å²) in [4.78, 5) is 15.3.